The zero-order valence-electron chi connectivity index (χ0n) is 14.6. The number of hydrogen-bond acceptors (Lipinski definition) is 3. The van der Waals surface area contributed by atoms with Crippen molar-refractivity contribution in [1.82, 2.24) is 4.90 Å². The third-order valence-electron chi connectivity index (χ3n) is 3.67. The molecule has 0 saturated heterocycles. The minimum atomic E-state index is -4.60. The summed E-state index contributed by atoms with van der Waals surface area (Å²) in [5.41, 5.74) is -0.507. The molecule has 0 atom stereocenters. The first-order chi connectivity index (χ1) is 13.1. The van der Waals surface area contributed by atoms with Gasteiger partial charge in [0, 0.05) is 12.7 Å². The Hall–Kier alpha value is -2.45. The number of nitrogens with zero attached hydrogens (tertiary/aromatic N) is 1. The van der Waals surface area contributed by atoms with Gasteiger partial charge in [-0.25, -0.2) is 0 Å². The maximum Gasteiger partial charge on any atom is 0.417 e. The van der Waals surface area contributed by atoms with Crippen molar-refractivity contribution in [3.63, 3.8) is 0 Å². The average molecular weight is 434 g/mol. The third-order valence-corrected chi connectivity index (χ3v) is 4.33. The second-order valence-electron chi connectivity index (χ2n) is 5.82. The number of carbonyl (C=O) groups excluding carboxylic acids is 2. The molecule has 2 aromatic rings. The summed E-state index contributed by atoms with van der Waals surface area (Å²) in [4.78, 5) is 25.3. The van der Waals surface area contributed by atoms with Gasteiger partial charge in [-0.15, -0.1) is 0 Å². The lowest BCUT2D eigenvalue weighted by molar-refractivity contribution is -0.137. The molecule has 2 rings (SSSR count). The molecule has 2 N–H and O–H groups in total. The Morgan fingerprint density at radius 3 is 2.39 bits per heavy atom. The topological polar surface area (TPSA) is 61.4 Å². The van der Waals surface area contributed by atoms with E-state index in [1.54, 1.807) is 24.3 Å². The van der Waals surface area contributed by atoms with E-state index in [-0.39, 0.29) is 18.8 Å². The summed E-state index contributed by atoms with van der Waals surface area (Å²) in [6.07, 6.45) is -4.60. The van der Waals surface area contributed by atoms with Crippen molar-refractivity contribution < 1.29 is 22.8 Å². The normalized spacial score (nSPS) is 11.1. The van der Waals surface area contributed by atoms with Crippen LogP contribution in [0.25, 0.3) is 0 Å². The van der Waals surface area contributed by atoms with Crippen molar-refractivity contribution >= 4 is 46.4 Å². The predicted molar refractivity (Wildman–Crippen MR) is 103 cm³/mol. The molecule has 0 radical (unpaired) electrons. The van der Waals surface area contributed by atoms with Crippen molar-refractivity contribution in [2.45, 2.75) is 6.18 Å². The van der Waals surface area contributed by atoms with Crippen LogP contribution in [-0.2, 0) is 15.8 Å². The molecule has 150 valence electrons. The highest BCUT2D eigenvalue weighted by Crippen LogP contribution is 2.36. The number of hydrogen-bond donors (Lipinski definition) is 2. The molecular formula is C18H16Cl2F3N3O2. The van der Waals surface area contributed by atoms with E-state index in [0.717, 1.165) is 17.0 Å². The van der Waals surface area contributed by atoms with Crippen LogP contribution in [0.5, 0.6) is 0 Å². The van der Waals surface area contributed by atoms with Gasteiger partial charge in [-0.2, -0.15) is 13.2 Å². The monoisotopic (exact) mass is 433 g/mol. The summed E-state index contributed by atoms with van der Waals surface area (Å²) in [6.45, 7) is -0.547. The van der Waals surface area contributed by atoms with Crippen LogP contribution in [0.4, 0.5) is 24.5 Å². The lowest BCUT2D eigenvalue weighted by atomic mass is 10.2. The van der Waals surface area contributed by atoms with Gasteiger partial charge in [0.05, 0.1) is 34.4 Å². The minimum absolute atomic E-state index is 0.0824. The van der Waals surface area contributed by atoms with Crippen LogP contribution in [0.1, 0.15) is 5.56 Å². The van der Waals surface area contributed by atoms with Crippen molar-refractivity contribution in [3.05, 3.63) is 58.1 Å². The quantitative estimate of drug-likeness (QED) is 0.703. The van der Waals surface area contributed by atoms with Gasteiger partial charge in [0.25, 0.3) is 0 Å². The van der Waals surface area contributed by atoms with E-state index >= 15 is 0 Å². The van der Waals surface area contributed by atoms with Crippen molar-refractivity contribution in [2.24, 2.45) is 0 Å². The maximum absolute atomic E-state index is 12.9. The Balaban J connectivity index is 1.91. The highest BCUT2D eigenvalue weighted by atomic mass is 35.5. The van der Waals surface area contributed by atoms with Gasteiger partial charge < -0.3 is 15.5 Å². The third kappa shape index (κ3) is 6.03. The molecule has 0 fully saturated rings. The predicted octanol–water partition coefficient (Wildman–Crippen LogP) is 4.52. The van der Waals surface area contributed by atoms with Crippen molar-refractivity contribution in [3.8, 4) is 0 Å². The number of nitrogens with one attached hydrogen (secondary N) is 2. The van der Waals surface area contributed by atoms with Gasteiger partial charge in [0.1, 0.15) is 0 Å². The first-order valence-corrected chi connectivity index (χ1v) is 8.72. The van der Waals surface area contributed by atoms with Gasteiger partial charge in [-0.3, -0.25) is 9.59 Å². The second-order valence-corrected chi connectivity index (χ2v) is 6.64. The number of likely N-dealkylation sites (N-methyl/N-ethyl adjacent to an activating group) is 1. The zero-order valence-corrected chi connectivity index (χ0v) is 16.1. The number of anilines is 2. The molecule has 0 aliphatic rings. The van der Waals surface area contributed by atoms with E-state index in [4.69, 9.17) is 23.2 Å². The highest BCUT2D eigenvalue weighted by Gasteiger charge is 2.33. The van der Waals surface area contributed by atoms with E-state index in [9.17, 15) is 22.8 Å². The molecule has 0 aromatic heterocycles. The van der Waals surface area contributed by atoms with Crippen molar-refractivity contribution in [1.29, 1.82) is 0 Å². The smallest absolute Gasteiger partial charge is 0.376 e. The number of halogens is 5. The molecule has 0 heterocycles. The Kier molecular flexibility index (Phi) is 7.15. The first kappa shape index (κ1) is 21.8. The number of amides is 2. The van der Waals surface area contributed by atoms with Gasteiger partial charge in [-0.05, 0) is 30.3 Å². The fourth-order valence-corrected chi connectivity index (χ4v) is 2.63. The summed E-state index contributed by atoms with van der Waals surface area (Å²) >= 11 is 11.5. The Morgan fingerprint density at radius 2 is 1.75 bits per heavy atom. The Morgan fingerprint density at radius 1 is 1.07 bits per heavy atom. The molecule has 0 aliphatic heterocycles. The molecule has 0 unspecified atom stereocenters. The summed E-state index contributed by atoms with van der Waals surface area (Å²) in [5.74, 6) is -0.951. The van der Waals surface area contributed by atoms with Gasteiger partial charge >= 0.3 is 6.18 Å². The number of para-hydroxylation sites is 1. The fraction of sp³-hybridized carbons (Fsp3) is 0.222. The molecular weight excluding hydrogens is 418 g/mol. The molecule has 2 amide bonds. The summed E-state index contributed by atoms with van der Waals surface area (Å²) in [5, 5.41) is 5.09. The number of rotatable bonds is 6. The fourth-order valence-electron chi connectivity index (χ4n) is 2.22. The molecule has 5 nitrogen and oxygen atoms in total. The average Bonchev–Trinajstić information content (AvgIpc) is 2.61. The van der Waals surface area contributed by atoms with E-state index < -0.39 is 28.6 Å². The molecule has 0 saturated carbocycles. The molecule has 0 aliphatic carbocycles. The van der Waals surface area contributed by atoms with Crippen molar-refractivity contribution in [2.75, 3.05) is 30.8 Å². The lowest BCUT2D eigenvalue weighted by Gasteiger charge is -2.18. The van der Waals surface area contributed by atoms with E-state index in [1.807, 2.05) is 0 Å². The van der Waals surface area contributed by atoms with Crippen LogP contribution in [-0.4, -0.2) is 36.9 Å². The summed E-state index contributed by atoms with van der Waals surface area (Å²) in [6, 6.07) is 9.87. The molecule has 2 aromatic carbocycles. The summed E-state index contributed by atoms with van der Waals surface area (Å²) in [7, 11) is 1.40. The molecule has 28 heavy (non-hydrogen) atoms. The second kappa shape index (κ2) is 9.16. The van der Waals surface area contributed by atoms with Gasteiger partial charge in [-0.1, -0.05) is 35.3 Å². The highest BCUT2D eigenvalue weighted by molar-refractivity contribution is 6.33. The zero-order chi connectivity index (χ0) is 20.9. The first-order valence-electron chi connectivity index (χ1n) is 7.97. The Bertz CT molecular complexity index is 875. The number of carbonyl (C=O) groups is 2. The lowest BCUT2D eigenvalue weighted by Crippen LogP contribution is -2.38. The van der Waals surface area contributed by atoms with Crippen LogP contribution in [0.3, 0.4) is 0 Å². The largest absolute Gasteiger partial charge is 0.417 e. The van der Waals surface area contributed by atoms with Gasteiger partial charge in [0.2, 0.25) is 11.8 Å². The standard InChI is InChI=1S/C18H16Cl2F3N3O2/c1-26(10-16(27)25-15-5-3-2-4-14(15)20)17(28)9-24-11-6-7-13(19)12(8-11)18(21,22)23/h2-8,24H,9-10H2,1H3,(H,25,27). The maximum atomic E-state index is 12.9. The molecule has 0 spiro atoms. The SMILES string of the molecule is CN(CC(=O)Nc1ccccc1Cl)C(=O)CNc1ccc(Cl)c(C(F)(F)F)c1. The van der Waals surface area contributed by atoms with Crippen LogP contribution in [0, 0.1) is 0 Å². The van der Waals surface area contributed by atoms with Crippen LogP contribution >= 0.6 is 23.2 Å². The van der Waals surface area contributed by atoms with Crippen LogP contribution in [0.2, 0.25) is 10.0 Å². The molecule has 10 heteroatoms. The van der Waals surface area contributed by atoms with Crippen LogP contribution < -0.4 is 10.6 Å². The van der Waals surface area contributed by atoms with Crippen LogP contribution in [0.15, 0.2) is 42.5 Å². The number of alkyl halides is 3. The minimum Gasteiger partial charge on any atom is -0.376 e. The Labute approximate surface area is 169 Å². The summed E-state index contributed by atoms with van der Waals surface area (Å²) < 4.78 is 38.6. The molecule has 0 bridgehead atoms. The van der Waals surface area contributed by atoms with E-state index in [2.05, 4.69) is 10.6 Å². The van der Waals surface area contributed by atoms with E-state index in [0.29, 0.717) is 10.7 Å². The van der Waals surface area contributed by atoms with Gasteiger partial charge in [0.15, 0.2) is 0 Å². The number of benzene rings is 2. The van der Waals surface area contributed by atoms with E-state index in [1.165, 1.54) is 13.1 Å².